The van der Waals surface area contributed by atoms with Gasteiger partial charge in [0.25, 0.3) is 0 Å². The summed E-state index contributed by atoms with van der Waals surface area (Å²) in [6, 6.07) is 0.401. The molecule has 1 heterocycles. The van der Waals surface area contributed by atoms with Gasteiger partial charge in [0, 0.05) is 11.8 Å². The van der Waals surface area contributed by atoms with Crippen molar-refractivity contribution in [1.29, 1.82) is 0 Å². The average Bonchev–Trinajstić information content (AvgIpc) is 3.05. The Kier molecular flexibility index (Phi) is 4.62. The zero-order valence-electron chi connectivity index (χ0n) is 10.1. The molecule has 4 nitrogen and oxygen atoms in total. The topological polar surface area (TPSA) is 50.7 Å². The van der Waals surface area contributed by atoms with Crippen LogP contribution in [-0.4, -0.2) is 26.3 Å². The number of aromatic amines is 1. The number of thioether (sulfide) groups is 1. The lowest BCUT2D eigenvalue weighted by molar-refractivity contribution is 0.553. The van der Waals surface area contributed by atoms with Crippen LogP contribution in [0.5, 0.6) is 0 Å². The van der Waals surface area contributed by atoms with Crippen molar-refractivity contribution in [2.24, 2.45) is 5.92 Å². The second-order valence-corrected chi connectivity index (χ2v) is 6.18. The molecule has 1 aromatic rings. The first-order valence-corrected chi connectivity index (χ1v) is 7.74. The molecule has 1 atom stereocenters. The Balaban J connectivity index is 1.84. The molecule has 17 heavy (non-hydrogen) atoms. The molecule has 2 rings (SSSR count). The molecule has 1 aliphatic carbocycles. The summed E-state index contributed by atoms with van der Waals surface area (Å²) >= 11 is 5.92. The van der Waals surface area contributed by atoms with Crippen molar-refractivity contribution in [3.63, 3.8) is 0 Å². The van der Waals surface area contributed by atoms with Gasteiger partial charge in [0.2, 0.25) is 0 Å². The van der Waals surface area contributed by atoms with E-state index < -0.39 is 0 Å². The van der Waals surface area contributed by atoms with Crippen LogP contribution in [0, 0.1) is 5.92 Å². The summed E-state index contributed by atoms with van der Waals surface area (Å²) in [7, 11) is 0. The van der Waals surface area contributed by atoms with Crippen molar-refractivity contribution in [2.45, 2.75) is 43.8 Å². The fraction of sp³-hybridized carbons (Fsp3) is 0.818. The molecule has 1 unspecified atom stereocenters. The van der Waals surface area contributed by atoms with E-state index in [2.05, 4.69) is 29.7 Å². The molecule has 0 radical (unpaired) electrons. The molecule has 1 aliphatic rings. The molecule has 0 amide bonds. The highest BCUT2D eigenvalue weighted by atomic mass is 32.2. The largest absolute Gasteiger partial charge is 0.344 e. The lowest BCUT2D eigenvalue weighted by atomic mass is 10.1. The van der Waals surface area contributed by atoms with Gasteiger partial charge in [0.15, 0.2) is 5.16 Å². The lowest BCUT2D eigenvalue weighted by Crippen LogP contribution is -2.16. The van der Waals surface area contributed by atoms with Crippen molar-refractivity contribution < 1.29 is 0 Å². The summed E-state index contributed by atoms with van der Waals surface area (Å²) in [5.74, 6) is 2.66. The van der Waals surface area contributed by atoms with E-state index in [-0.39, 0.29) is 5.69 Å². The van der Waals surface area contributed by atoms with Crippen molar-refractivity contribution in [2.75, 3.05) is 11.5 Å². The third-order valence-electron chi connectivity index (χ3n) is 3.05. The van der Waals surface area contributed by atoms with Gasteiger partial charge < -0.3 is 0 Å². The van der Waals surface area contributed by atoms with Gasteiger partial charge in [-0.1, -0.05) is 18.7 Å². The Morgan fingerprint density at radius 3 is 3.00 bits per heavy atom. The summed E-state index contributed by atoms with van der Waals surface area (Å²) in [5.41, 5.74) is -0.0570. The lowest BCUT2D eigenvalue weighted by Gasteiger charge is -2.08. The Morgan fingerprint density at radius 1 is 1.59 bits per heavy atom. The number of nitrogens with zero attached hydrogens (tertiary/aromatic N) is 2. The molecule has 1 fully saturated rings. The van der Waals surface area contributed by atoms with E-state index in [1.54, 1.807) is 11.8 Å². The molecular formula is C11H19N3OS2. The Morgan fingerprint density at radius 2 is 2.35 bits per heavy atom. The van der Waals surface area contributed by atoms with Gasteiger partial charge in [-0.3, -0.25) is 4.57 Å². The first kappa shape index (κ1) is 13.1. The van der Waals surface area contributed by atoms with Crippen LogP contribution in [0.3, 0.4) is 0 Å². The van der Waals surface area contributed by atoms with Crippen molar-refractivity contribution in [3.8, 4) is 0 Å². The highest BCUT2D eigenvalue weighted by Crippen LogP contribution is 2.36. The summed E-state index contributed by atoms with van der Waals surface area (Å²) in [6.07, 6.45) is 4.53. The van der Waals surface area contributed by atoms with Crippen molar-refractivity contribution in [3.05, 3.63) is 10.5 Å². The maximum Gasteiger partial charge on any atom is 0.344 e. The normalized spacial score (nSPS) is 17.3. The molecule has 0 saturated heterocycles. The van der Waals surface area contributed by atoms with Crippen LogP contribution in [-0.2, 0) is 0 Å². The van der Waals surface area contributed by atoms with Gasteiger partial charge in [0.1, 0.15) is 0 Å². The van der Waals surface area contributed by atoms with E-state index in [9.17, 15) is 4.79 Å². The average molecular weight is 273 g/mol. The first-order valence-electron chi connectivity index (χ1n) is 6.13. The molecule has 0 spiro atoms. The second-order valence-electron chi connectivity index (χ2n) is 4.67. The maximum absolute atomic E-state index is 11.5. The summed E-state index contributed by atoms with van der Waals surface area (Å²) < 4.78 is 1.81. The zero-order valence-corrected chi connectivity index (χ0v) is 11.8. The van der Waals surface area contributed by atoms with Gasteiger partial charge in [-0.15, -0.1) is 5.10 Å². The third kappa shape index (κ3) is 3.55. The smallest absolute Gasteiger partial charge is 0.267 e. The van der Waals surface area contributed by atoms with Gasteiger partial charge in [-0.2, -0.15) is 12.6 Å². The number of thiol groups is 1. The molecule has 1 aromatic heterocycles. The van der Waals surface area contributed by atoms with Crippen LogP contribution in [0.15, 0.2) is 9.95 Å². The van der Waals surface area contributed by atoms with Crippen molar-refractivity contribution >= 4 is 24.4 Å². The number of aromatic nitrogens is 3. The summed E-state index contributed by atoms with van der Waals surface area (Å²) in [4.78, 5) is 11.5. The monoisotopic (exact) mass is 273 g/mol. The highest BCUT2D eigenvalue weighted by molar-refractivity contribution is 7.99. The summed E-state index contributed by atoms with van der Waals surface area (Å²) in [5, 5.41) is 7.50. The molecular weight excluding hydrogens is 254 g/mol. The minimum Gasteiger partial charge on any atom is -0.267 e. The van der Waals surface area contributed by atoms with Gasteiger partial charge in [0.05, 0.1) is 0 Å². The third-order valence-corrected chi connectivity index (χ3v) is 4.29. The van der Waals surface area contributed by atoms with Crippen LogP contribution < -0.4 is 5.69 Å². The Labute approximate surface area is 111 Å². The fourth-order valence-corrected chi connectivity index (χ4v) is 3.39. The minimum absolute atomic E-state index is 0.0570. The van der Waals surface area contributed by atoms with Crippen LogP contribution in [0.2, 0.25) is 0 Å². The molecule has 0 aromatic carbocycles. The Bertz CT molecular complexity index is 411. The maximum atomic E-state index is 11.5. The second kappa shape index (κ2) is 6.00. The van der Waals surface area contributed by atoms with Crippen LogP contribution >= 0.6 is 24.4 Å². The zero-order chi connectivity index (χ0) is 12.3. The van der Waals surface area contributed by atoms with Crippen molar-refractivity contribution in [1.82, 2.24) is 14.8 Å². The van der Waals surface area contributed by atoms with E-state index in [1.807, 2.05) is 4.57 Å². The summed E-state index contributed by atoms with van der Waals surface area (Å²) in [6.45, 7) is 2.25. The van der Waals surface area contributed by atoms with E-state index in [1.165, 1.54) is 0 Å². The molecule has 0 bridgehead atoms. The van der Waals surface area contributed by atoms with Crippen LogP contribution in [0.4, 0.5) is 0 Å². The van der Waals surface area contributed by atoms with E-state index in [0.717, 1.165) is 42.3 Å². The number of nitrogens with one attached hydrogen (secondary N) is 1. The number of rotatable bonds is 7. The number of hydrogen-bond acceptors (Lipinski definition) is 4. The fourth-order valence-electron chi connectivity index (χ4n) is 1.76. The predicted molar refractivity (Wildman–Crippen MR) is 74.1 cm³/mol. The first-order chi connectivity index (χ1) is 8.22. The molecule has 96 valence electrons. The van der Waals surface area contributed by atoms with Gasteiger partial charge in [-0.25, -0.2) is 9.89 Å². The van der Waals surface area contributed by atoms with Gasteiger partial charge >= 0.3 is 5.69 Å². The predicted octanol–water partition coefficient (Wildman–Crippen LogP) is 2.34. The van der Waals surface area contributed by atoms with E-state index in [4.69, 9.17) is 0 Å². The molecule has 6 heteroatoms. The highest BCUT2D eigenvalue weighted by Gasteiger charge is 2.28. The van der Waals surface area contributed by atoms with Crippen LogP contribution in [0.25, 0.3) is 0 Å². The molecule has 1 saturated carbocycles. The van der Waals surface area contributed by atoms with E-state index >= 15 is 0 Å². The van der Waals surface area contributed by atoms with Gasteiger partial charge in [-0.05, 0) is 37.4 Å². The van der Waals surface area contributed by atoms with Crippen LogP contribution in [0.1, 0.15) is 38.6 Å². The Hall–Kier alpha value is -0.360. The van der Waals surface area contributed by atoms with E-state index in [0.29, 0.717) is 12.0 Å². The SMILES string of the molecule is CC(CCS)CCSc1n[nH]c(=O)n1C1CC1. The number of H-pyrrole nitrogens is 1. The standard InChI is InChI=1S/C11H19N3OS2/c1-8(4-6-16)5-7-17-11-13-12-10(15)14(11)9-2-3-9/h8-9,16H,2-7H2,1H3,(H,12,15). The number of hydrogen-bond donors (Lipinski definition) is 2. The quantitative estimate of drug-likeness (QED) is 0.592. The molecule has 0 aliphatic heterocycles. The minimum atomic E-state index is -0.0570. The molecule has 1 N–H and O–H groups in total.